The SMILES string of the molecule is CCC(C)(NC(=O)C1COCCO1)C(N)=S. The maximum absolute atomic E-state index is 11.8. The minimum Gasteiger partial charge on any atom is -0.391 e. The first-order valence-electron chi connectivity index (χ1n) is 5.31. The van der Waals surface area contributed by atoms with E-state index in [0.29, 0.717) is 19.6 Å². The summed E-state index contributed by atoms with van der Waals surface area (Å²) in [5.41, 5.74) is 4.94. The molecule has 0 radical (unpaired) electrons. The van der Waals surface area contributed by atoms with Gasteiger partial charge in [0.2, 0.25) is 0 Å². The number of nitrogens with one attached hydrogen (secondary N) is 1. The summed E-state index contributed by atoms with van der Waals surface area (Å²) in [6.07, 6.45) is 0.0794. The third kappa shape index (κ3) is 3.13. The molecule has 0 saturated carbocycles. The molecular weight excluding hydrogens is 228 g/mol. The summed E-state index contributed by atoms with van der Waals surface area (Å²) in [7, 11) is 0. The summed E-state index contributed by atoms with van der Waals surface area (Å²) in [4.78, 5) is 12.1. The average molecular weight is 246 g/mol. The molecule has 0 aliphatic carbocycles. The van der Waals surface area contributed by atoms with Crippen molar-refractivity contribution in [3.63, 3.8) is 0 Å². The van der Waals surface area contributed by atoms with E-state index in [1.165, 1.54) is 0 Å². The summed E-state index contributed by atoms with van der Waals surface area (Å²) < 4.78 is 10.5. The van der Waals surface area contributed by atoms with Crippen LogP contribution in [0.25, 0.3) is 0 Å². The summed E-state index contributed by atoms with van der Waals surface area (Å²) in [5.74, 6) is -0.225. The lowest BCUT2D eigenvalue weighted by molar-refractivity contribution is -0.148. The number of hydrogen-bond acceptors (Lipinski definition) is 4. The van der Waals surface area contributed by atoms with Crippen molar-refractivity contribution < 1.29 is 14.3 Å². The fourth-order valence-corrected chi connectivity index (χ4v) is 1.51. The molecule has 16 heavy (non-hydrogen) atoms. The number of ether oxygens (including phenoxy) is 2. The van der Waals surface area contributed by atoms with Gasteiger partial charge in [0.25, 0.3) is 5.91 Å². The Morgan fingerprint density at radius 3 is 2.75 bits per heavy atom. The third-order valence-corrected chi connectivity index (χ3v) is 3.21. The van der Waals surface area contributed by atoms with Gasteiger partial charge >= 0.3 is 0 Å². The molecule has 1 fully saturated rings. The first-order valence-corrected chi connectivity index (χ1v) is 5.71. The van der Waals surface area contributed by atoms with E-state index in [9.17, 15) is 4.79 Å². The second-order valence-corrected chi connectivity index (χ2v) is 4.41. The van der Waals surface area contributed by atoms with Crippen molar-refractivity contribution in [2.24, 2.45) is 5.73 Å². The number of nitrogens with two attached hydrogens (primary N) is 1. The molecule has 0 aromatic carbocycles. The molecule has 3 N–H and O–H groups in total. The van der Waals surface area contributed by atoms with Gasteiger partial charge in [-0.15, -0.1) is 0 Å². The van der Waals surface area contributed by atoms with Gasteiger partial charge in [-0.05, 0) is 13.3 Å². The summed E-state index contributed by atoms with van der Waals surface area (Å²) in [6.45, 7) is 4.97. The van der Waals surface area contributed by atoms with Crippen molar-refractivity contribution in [1.29, 1.82) is 0 Å². The van der Waals surface area contributed by atoms with Gasteiger partial charge in [-0.3, -0.25) is 4.79 Å². The molecular formula is C10H18N2O3S. The van der Waals surface area contributed by atoms with Crippen LogP contribution in [0.15, 0.2) is 0 Å². The Morgan fingerprint density at radius 2 is 2.31 bits per heavy atom. The monoisotopic (exact) mass is 246 g/mol. The molecule has 5 nitrogen and oxygen atoms in total. The van der Waals surface area contributed by atoms with Crippen LogP contribution in [0, 0.1) is 0 Å². The number of carbonyl (C=O) groups excluding carboxylic acids is 1. The number of rotatable bonds is 4. The maximum atomic E-state index is 11.8. The van der Waals surface area contributed by atoms with Crippen molar-refractivity contribution in [3.05, 3.63) is 0 Å². The Labute approximate surface area is 101 Å². The van der Waals surface area contributed by atoms with Crippen LogP contribution in [0.1, 0.15) is 20.3 Å². The molecule has 0 aromatic heterocycles. The van der Waals surface area contributed by atoms with E-state index in [2.05, 4.69) is 5.32 Å². The molecule has 1 saturated heterocycles. The minimum atomic E-state index is -0.660. The molecule has 1 aliphatic rings. The molecule has 0 spiro atoms. The van der Waals surface area contributed by atoms with E-state index < -0.39 is 11.6 Å². The van der Waals surface area contributed by atoms with Gasteiger partial charge in [-0.2, -0.15) is 0 Å². The molecule has 0 bridgehead atoms. The molecule has 2 unspecified atom stereocenters. The number of amides is 1. The third-order valence-electron chi connectivity index (χ3n) is 2.76. The quantitative estimate of drug-likeness (QED) is 0.682. The fourth-order valence-electron chi connectivity index (χ4n) is 1.32. The van der Waals surface area contributed by atoms with E-state index in [1.54, 1.807) is 6.92 Å². The van der Waals surface area contributed by atoms with Crippen molar-refractivity contribution in [3.8, 4) is 0 Å². The zero-order valence-corrected chi connectivity index (χ0v) is 10.4. The first kappa shape index (κ1) is 13.3. The summed E-state index contributed by atoms with van der Waals surface area (Å²) >= 11 is 4.94. The van der Waals surface area contributed by atoms with Crippen LogP contribution in [-0.4, -0.2) is 42.4 Å². The molecule has 1 amide bonds. The van der Waals surface area contributed by atoms with E-state index in [4.69, 9.17) is 27.4 Å². The highest BCUT2D eigenvalue weighted by molar-refractivity contribution is 7.80. The van der Waals surface area contributed by atoms with Crippen molar-refractivity contribution >= 4 is 23.1 Å². The summed E-state index contributed by atoms with van der Waals surface area (Å²) in [6, 6.07) is 0. The fraction of sp³-hybridized carbons (Fsp3) is 0.800. The lowest BCUT2D eigenvalue weighted by Gasteiger charge is -2.31. The first-order chi connectivity index (χ1) is 7.49. The van der Waals surface area contributed by atoms with Crippen LogP contribution in [0.2, 0.25) is 0 Å². The zero-order chi connectivity index (χ0) is 12.2. The molecule has 1 aliphatic heterocycles. The lowest BCUT2D eigenvalue weighted by Crippen LogP contribution is -2.57. The topological polar surface area (TPSA) is 73.6 Å². The molecule has 1 heterocycles. The Bertz CT molecular complexity index is 279. The van der Waals surface area contributed by atoms with Gasteiger partial charge < -0.3 is 20.5 Å². The van der Waals surface area contributed by atoms with Crippen molar-refractivity contribution in [1.82, 2.24) is 5.32 Å². The summed E-state index contributed by atoms with van der Waals surface area (Å²) in [5, 5.41) is 2.80. The molecule has 92 valence electrons. The molecule has 1 rings (SSSR count). The largest absolute Gasteiger partial charge is 0.391 e. The molecule has 2 atom stereocenters. The van der Waals surface area contributed by atoms with Crippen LogP contribution in [0.3, 0.4) is 0 Å². The van der Waals surface area contributed by atoms with Gasteiger partial charge in [0, 0.05) is 0 Å². The van der Waals surface area contributed by atoms with E-state index >= 15 is 0 Å². The van der Waals surface area contributed by atoms with Crippen LogP contribution < -0.4 is 11.1 Å². The van der Waals surface area contributed by atoms with Crippen molar-refractivity contribution in [2.75, 3.05) is 19.8 Å². The minimum absolute atomic E-state index is 0.225. The van der Waals surface area contributed by atoms with Crippen LogP contribution in [0.5, 0.6) is 0 Å². The number of carbonyl (C=O) groups is 1. The second kappa shape index (κ2) is 5.56. The average Bonchev–Trinajstić information content (AvgIpc) is 2.29. The second-order valence-electron chi connectivity index (χ2n) is 3.97. The van der Waals surface area contributed by atoms with E-state index in [-0.39, 0.29) is 17.5 Å². The highest BCUT2D eigenvalue weighted by Crippen LogP contribution is 2.11. The Kier molecular flexibility index (Phi) is 4.64. The van der Waals surface area contributed by atoms with Crippen LogP contribution in [0.4, 0.5) is 0 Å². The number of hydrogen-bond donors (Lipinski definition) is 2. The van der Waals surface area contributed by atoms with Crippen molar-refractivity contribution in [2.45, 2.75) is 31.9 Å². The van der Waals surface area contributed by atoms with Gasteiger partial charge in [0.15, 0.2) is 6.10 Å². The smallest absolute Gasteiger partial charge is 0.252 e. The van der Waals surface area contributed by atoms with E-state index in [0.717, 1.165) is 0 Å². The Morgan fingerprint density at radius 1 is 1.62 bits per heavy atom. The van der Waals surface area contributed by atoms with Gasteiger partial charge in [-0.25, -0.2) is 0 Å². The Balaban J connectivity index is 2.57. The highest BCUT2D eigenvalue weighted by Gasteiger charge is 2.32. The van der Waals surface area contributed by atoms with Gasteiger partial charge in [0.05, 0.1) is 30.3 Å². The predicted octanol–water partition coefficient (Wildman–Crippen LogP) is -0.0272. The normalized spacial score (nSPS) is 24.5. The van der Waals surface area contributed by atoms with Crippen LogP contribution in [-0.2, 0) is 14.3 Å². The maximum Gasteiger partial charge on any atom is 0.252 e. The standard InChI is InChI=1S/C10H18N2O3S/c1-3-10(2,9(11)16)12-8(13)7-6-14-4-5-15-7/h7H,3-6H2,1-2H3,(H2,11,16)(H,12,13). The Hall–Kier alpha value is -0.720. The zero-order valence-electron chi connectivity index (χ0n) is 9.62. The van der Waals surface area contributed by atoms with Crippen LogP contribution >= 0.6 is 12.2 Å². The molecule has 6 heteroatoms. The lowest BCUT2D eigenvalue weighted by atomic mass is 9.98. The highest BCUT2D eigenvalue weighted by atomic mass is 32.1. The van der Waals surface area contributed by atoms with E-state index in [1.807, 2.05) is 6.92 Å². The van der Waals surface area contributed by atoms with Gasteiger partial charge in [-0.1, -0.05) is 19.1 Å². The predicted molar refractivity (Wildman–Crippen MR) is 64.2 cm³/mol. The molecule has 0 aromatic rings. The number of thiocarbonyl (C=S) groups is 1. The van der Waals surface area contributed by atoms with Gasteiger partial charge in [0.1, 0.15) is 0 Å².